The smallest absolute Gasteiger partial charge is 0.255 e. The number of hydrogen-bond acceptors (Lipinski definition) is 3. The summed E-state index contributed by atoms with van der Waals surface area (Å²) in [5, 5.41) is 2.89. The molecule has 5 heteroatoms. The van der Waals surface area contributed by atoms with Gasteiger partial charge in [0.05, 0.1) is 19.6 Å². The van der Waals surface area contributed by atoms with Gasteiger partial charge in [0.25, 0.3) is 5.91 Å². The van der Waals surface area contributed by atoms with E-state index in [1.807, 2.05) is 54.3 Å². The molecule has 1 N–H and O–H groups in total. The molecule has 1 saturated heterocycles. The Kier molecular flexibility index (Phi) is 5.46. The standard InChI is InChI=1S/C20H22N2O3/c1-15-4-2-3-5-18(15)20(24)21-17-8-6-16(7-9-17)14-19(23)22-10-12-25-13-11-22/h2-9H,10-14H2,1H3,(H,21,24). The maximum Gasteiger partial charge on any atom is 0.255 e. The molecule has 0 atom stereocenters. The number of rotatable bonds is 4. The monoisotopic (exact) mass is 338 g/mol. The Hall–Kier alpha value is -2.66. The van der Waals surface area contributed by atoms with E-state index >= 15 is 0 Å². The molecule has 2 aromatic carbocycles. The first-order valence-corrected chi connectivity index (χ1v) is 8.45. The highest BCUT2D eigenvalue weighted by molar-refractivity contribution is 6.05. The molecule has 0 aliphatic carbocycles. The highest BCUT2D eigenvalue weighted by atomic mass is 16.5. The van der Waals surface area contributed by atoms with Gasteiger partial charge < -0.3 is 15.0 Å². The maximum atomic E-state index is 12.3. The molecule has 0 saturated carbocycles. The summed E-state index contributed by atoms with van der Waals surface area (Å²) in [5.41, 5.74) is 3.25. The zero-order chi connectivity index (χ0) is 17.6. The van der Waals surface area contributed by atoms with Crippen molar-refractivity contribution >= 4 is 17.5 Å². The van der Waals surface area contributed by atoms with Gasteiger partial charge in [0.2, 0.25) is 5.91 Å². The van der Waals surface area contributed by atoms with Gasteiger partial charge in [-0.3, -0.25) is 9.59 Å². The lowest BCUT2D eigenvalue weighted by Gasteiger charge is -2.26. The van der Waals surface area contributed by atoms with Gasteiger partial charge in [-0.1, -0.05) is 30.3 Å². The Balaban J connectivity index is 1.59. The van der Waals surface area contributed by atoms with Crippen LogP contribution in [0.5, 0.6) is 0 Å². The molecule has 0 aromatic heterocycles. The minimum atomic E-state index is -0.129. The number of amides is 2. The first-order valence-electron chi connectivity index (χ1n) is 8.45. The Morgan fingerprint density at radius 2 is 1.72 bits per heavy atom. The normalized spacial score (nSPS) is 14.2. The Morgan fingerprint density at radius 1 is 1.04 bits per heavy atom. The lowest BCUT2D eigenvalue weighted by atomic mass is 10.1. The van der Waals surface area contributed by atoms with Gasteiger partial charge in [0.1, 0.15) is 0 Å². The molecule has 0 bridgehead atoms. The minimum absolute atomic E-state index is 0.111. The summed E-state index contributed by atoms with van der Waals surface area (Å²) in [4.78, 5) is 26.4. The van der Waals surface area contributed by atoms with Gasteiger partial charge in [0.15, 0.2) is 0 Å². The van der Waals surface area contributed by atoms with Crippen molar-refractivity contribution in [3.05, 3.63) is 65.2 Å². The number of aryl methyl sites for hydroxylation is 1. The number of carbonyl (C=O) groups is 2. The van der Waals surface area contributed by atoms with E-state index in [1.54, 1.807) is 6.07 Å². The topological polar surface area (TPSA) is 58.6 Å². The Labute approximate surface area is 147 Å². The first-order chi connectivity index (χ1) is 12.1. The quantitative estimate of drug-likeness (QED) is 0.932. The van der Waals surface area contributed by atoms with Crippen molar-refractivity contribution in [1.82, 2.24) is 4.90 Å². The fourth-order valence-electron chi connectivity index (χ4n) is 2.83. The largest absolute Gasteiger partial charge is 0.378 e. The molecule has 5 nitrogen and oxygen atoms in total. The molecule has 1 aliphatic rings. The van der Waals surface area contributed by atoms with Crippen LogP contribution >= 0.6 is 0 Å². The predicted molar refractivity (Wildman–Crippen MR) is 96.7 cm³/mol. The molecule has 0 spiro atoms. The minimum Gasteiger partial charge on any atom is -0.378 e. The van der Waals surface area contributed by atoms with Crippen molar-refractivity contribution in [2.75, 3.05) is 31.6 Å². The molecule has 2 amide bonds. The molecule has 2 aromatic rings. The maximum absolute atomic E-state index is 12.3. The fraction of sp³-hybridized carbons (Fsp3) is 0.300. The summed E-state index contributed by atoms with van der Waals surface area (Å²) in [7, 11) is 0. The van der Waals surface area contributed by atoms with Gasteiger partial charge >= 0.3 is 0 Å². The third-order valence-corrected chi connectivity index (χ3v) is 4.32. The summed E-state index contributed by atoms with van der Waals surface area (Å²) in [6.45, 7) is 4.44. The van der Waals surface area contributed by atoms with Crippen molar-refractivity contribution < 1.29 is 14.3 Å². The van der Waals surface area contributed by atoms with E-state index in [-0.39, 0.29) is 11.8 Å². The number of nitrogens with zero attached hydrogens (tertiary/aromatic N) is 1. The zero-order valence-corrected chi connectivity index (χ0v) is 14.3. The van der Waals surface area contributed by atoms with Crippen LogP contribution in [0, 0.1) is 6.92 Å². The van der Waals surface area contributed by atoms with Crippen LogP contribution in [0.2, 0.25) is 0 Å². The Morgan fingerprint density at radius 3 is 2.40 bits per heavy atom. The SMILES string of the molecule is Cc1ccccc1C(=O)Nc1ccc(CC(=O)N2CCOCC2)cc1. The molecule has 1 aliphatic heterocycles. The second-order valence-corrected chi connectivity index (χ2v) is 6.14. The molecule has 25 heavy (non-hydrogen) atoms. The third kappa shape index (κ3) is 4.45. The van der Waals surface area contributed by atoms with Gasteiger partial charge in [-0.05, 0) is 36.2 Å². The van der Waals surface area contributed by atoms with Crippen molar-refractivity contribution in [3.63, 3.8) is 0 Å². The van der Waals surface area contributed by atoms with Crippen LogP contribution in [0.1, 0.15) is 21.5 Å². The molecular formula is C20H22N2O3. The van der Waals surface area contributed by atoms with Gasteiger partial charge in [0, 0.05) is 24.3 Å². The van der Waals surface area contributed by atoms with E-state index in [9.17, 15) is 9.59 Å². The number of nitrogens with one attached hydrogen (secondary N) is 1. The van der Waals surface area contributed by atoms with E-state index in [2.05, 4.69) is 5.32 Å². The number of benzene rings is 2. The van der Waals surface area contributed by atoms with E-state index in [0.717, 1.165) is 16.8 Å². The molecular weight excluding hydrogens is 316 g/mol. The van der Waals surface area contributed by atoms with Crippen LogP contribution in [0.3, 0.4) is 0 Å². The van der Waals surface area contributed by atoms with Crippen LogP contribution in [0.15, 0.2) is 48.5 Å². The van der Waals surface area contributed by atoms with Crippen molar-refractivity contribution in [2.24, 2.45) is 0 Å². The lowest BCUT2D eigenvalue weighted by molar-refractivity contribution is -0.134. The van der Waals surface area contributed by atoms with Crippen LogP contribution in [0.4, 0.5) is 5.69 Å². The summed E-state index contributed by atoms with van der Waals surface area (Å²) in [6.07, 6.45) is 0.367. The molecule has 1 heterocycles. The van der Waals surface area contributed by atoms with Gasteiger partial charge in [-0.25, -0.2) is 0 Å². The number of anilines is 1. The summed E-state index contributed by atoms with van der Waals surface area (Å²) in [5.74, 6) is -0.0183. The predicted octanol–water partition coefficient (Wildman–Crippen LogP) is 2.65. The third-order valence-electron chi connectivity index (χ3n) is 4.32. The second-order valence-electron chi connectivity index (χ2n) is 6.14. The molecule has 0 unspecified atom stereocenters. The van der Waals surface area contributed by atoms with Gasteiger partial charge in [-0.2, -0.15) is 0 Å². The van der Waals surface area contributed by atoms with E-state index < -0.39 is 0 Å². The van der Waals surface area contributed by atoms with Crippen LogP contribution in [0.25, 0.3) is 0 Å². The first kappa shape index (κ1) is 17.2. The van der Waals surface area contributed by atoms with Crippen molar-refractivity contribution in [3.8, 4) is 0 Å². The van der Waals surface area contributed by atoms with Crippen LogP contribution in [-0.2, 0) is 16.0 Å². The average molecular weight is 338 g/mol. The number of morpholine rings is 1. The van der Waals surface area contributed by atoms with E-state index in [4.69, 9.17) is 4.74 Å². The van der Waals surface area contributed by atoms with E-state index in [1.165, 1.54) is 0 Å². The summed E-state index contributed by atoms with van der Waals surface area (Å²) in [6, 6.07) is 14.9. The average Bonchev–Trinajstić information content (AvgIpc) is 2.64. The number of ether oxygens (including phenoxy) is 1. The Bertz CT molecular complexity index is 750. The highest BCUT2D eigenvalue weighted by Crippen LogP contribution is 2.14. The van der Waals surface area contributed by atoms with Crippen molar-refractivity contribution in [2.45, 2.75) is 13.3 Å². The summed E-state index contributed by atoms with van der Waals surface area (Å²) >= 11 is 0. The van der Waals surface area contributed by atoms with Crippen molar-refractivity contribution in [1.29, 1.82) is 0 Å². The molecule has 3 rings (SSSR count). The zero-order valence-electron chi connectivity index (χ0n) is 14.3. The molecule has 130 valence electrons. The van der Waals surface area contributed by atoms with Crippen LogP contribution < -0.4 is 5.32 Å². The number of carbonyl (C=O) groups excluding carboxylic acids is 2. The van der Waals surface area contributed by atoms with Gasteiger partial charge in [-0.15, -0.1) is 0 Å². The summed E-state index contributed by atoms with van der Waals surface area (Å²) < 4.78 is 5.26. The molecule has 0 radical (unpaired) electrons. The number of hydrogen-bond donors (Lipinski definition) is 1. The van der Waals surface area contributed by atoms with Crippen LogP contribution in [-0.4, -0.2) is 43.0 Å². The lowest BCUT2D eigenvalue weighted by Crippen LogP contribution is -2.41. The fourth-order valence-corrected chi connectivity index (χ4v) is 2.83. The van der Waals surface area contributed by atoms with E-state index in [0.29, 0.717) is 38.3 Å². The highest BCUT2D eigenvalue weighted by Gasteiger charge is 2.17. The molecule has 1 fully saturated rings. The second kappa shape index (κ2) is 7.94.